The molecule has 0 unspecified atom stereocenters. The van der Waals surface area contributed by atoms with Gasteiger partial charge in [-0.3, -0.25) is 9.98 Å². The molecular formula is C19H22N4O. The van der Waals surface area contributed by atoms with Crippen molar-refractivity contribution in [3.63, 3.8) is 0 Å². The first kappa shape index (κ1) is 16.1. The fourth-order valence-corrected chi connectivity index (χ4v) is 2.67. The summed E-state index contributed by atoms with van der Waals surface area (Å²) in [5.74, 6) is 1.72. The Balaban J connectivity index is 1.65. The average Bonchev–Trinajstić information content (AvgIpc) is 2.99. The quantitative estimate of drug-likeness (QED) is 0.591. The lowest BCUT2D eigenvalue weighted by molar-refractivity contribution is 0.412. The molecule has 0 bridgehead atoms. The van der Waals surface area contributed by atoms with E-state index < -0.39 is 0 Å². The molecule has 2 heterocycles. The lowest BCUT2D eigenvalue weighted by Gasteiger charge is -2.21. The monoisotopic (exact) mass is 322 g/mol. The molecule has 5 heteroatoms. The molecule has 0 amide bonds. The summed E-state index contributed by atoms with van der Waals surface area (Å²) in [6, 6.07) is 14.1. The van der Waals surface area contributed by atoms with Crippen LogP contribution in [-0.4, -0.2) is 29.9 Å². The van der Waals surface area contributed by atoms with Crippen molar-refractivity contribution in [1.82, 2.24) is 15.2 Å². The normalized spacial score (nSPS) is 11.7. The zero-order chi connectivity index (χ0) is 16.9. The second kappa shape index (κ2) is 7.17. The molecule has 0 aliphatic heterocycles. The summed E-state index contributed by atoms with van der Waals surface area (Å²) in [7, 11) is 3.77. The minimum atomic E-state index is 0.643. The Morgan fingerprint density at radius 2 is 2.08 bits per heavy atom. The third-order valence-electron chi connectivity index (χ3n) is 3.97. The van der Waals surface area contributed by atoms with E-state index in [2.05, 4.69) is 40.4 Å². The Hall–Kier alpha value is -2.82. The van der Waals surface area contributed by atoms with E-state index in [9.17, 15) is 0 Å². The minimum absolute atomic E-state index is 0.643. The number of pyridine rings is 1. The summed E-state index contributed by atoms with van der Waals surface area (Å²) in [4.78, 5) is 10.8. The standard InChI is InChI=1S/C19H22N4O/c1-14-7-6-10-21-17(14)12-22-19(20-2)23(3)13-16-11-15-8-4-5-9-18(15)24-16/h4-11H,12-13H2,1-3H3,(H,20,22). The van der Waals surface area contributed by atoms with Crippen molar-refractivity contribution >= 4 is 16.9 Å². The van der Waals surface area contributed by atoms with Gasteiger partial charge in [-0.2, -0.15) is 0 Å². The van der Waals surface area contributed by atoms with Crippen LogP contribution in [0.3, 0.4) is 0 Å². The van der Waals surface area contributed by atoms with E-state index in [4.69, 9.17) is 4.42 Å². The third-order valence-corrected chi connectivity index (χ3v) is 3.97. The van der Waals surface area contributed by atoms with Crippen molar-refractivity contribution in [3.05, 3.63) is 65.7 Å². The van der Waals surface area contributed by atoms with Crippen molar-refractivity contribution in [2.75, 3.05) is 14.1 Å². The number of nitrogens with zero attached hydrogens (tertiary/aromatic N) is 3. The fraction of sp³-hybridized carbons (Fsp3) is 0.263. The molecule has 1 N–H and O–H groups in total. The number of guanidine groups is 1. The summed E-state index contributed by atoms with van der Waals surface area (Å²) < 4.78 is 5.88. The van der Waals surface area contributed by atoms with E-state index in [1.165, 1.54) is 5.56 Å². The molecular weight excluding hydrogens is 300 g/mol. The van der Waals surface area contributed by atoms with Crippen LogP contribution >= 0.6 is 0 Å². The van der Waals surface area contributed by atoms with Crippen LogP contribution in [0.15, 0.2) is 58.1 Å². The molecule has 2 aromatic heterocycles. The topological polar surface area (TPSA) is 53.7 Å². The lowest BCUT2D eigenvalue weighted by Crippen LogP contribution is -2.38. The smallest absolute Gasteiger partial charge is 0.194 e. The molecule has 0 saturated carbocycles. The van der Waals surface area contributed by atoms with Gasteiger partial charge in [-0.25, -0.2) is 0 Å². The van der Waals surface area contributed by atoms with Gasteiger partial charge < -0.3 is 14.6 Å². The fourth-order valence-electron chi connectivity index (χ4n) is 2.67. The molecule has 3 aromatic rings. The molecule has 3 rings (SSSR count). The van der Waals surface area contributed by atoms with Gasteiger partial charge in [0, 0.05) is 25.7 Å². The van der Waals surface area contributed by atoms with Gasteiger partial charge in [-0.1, -0.05) is 24.3 Å². The third kappa shape index (κ3) is 3.56. The number of fused-ring (bicyclic) bond motifs is 1. The summed E-state index contributed by atoms with van der Waals surface area (Å²) in [5.41, 5.74) is 3.10. The minimum Gasteiger partial charge on any atom is -0.459 e. The number of nitrogens with one attached hydrogen (secondary N) is 1. The van der Waals surface area contributed by atoms with Crippen molar-refractivity contribution < 1.29 is 4.42 Å². The molecule has 0 saturated heterocycles. The number of hydrogen-bond donors (Lipinski definition) is 1. The Labute approximate surface area is 142 Å². The van der Waals surface area contributed by atoms with Crippen LogP contribution in [-0.2, 0) is 13.1 Å². The van der Waals surface area contributed by atoms with Crippen LogP contribution in [0, 0.1) is 6.92 Å². The van der Waals surface area contributed by atoms with E-state index in [1.807, 2.05) is 42.4 Å². The number of aliphatic imine (C=N–C) groups is 1. The number of aryl methyl sites for hydroxylation is 1. The molecule has 0 fully saturated rings. The number of aromatic nitrogens is 1. The first-order valence-corrected chi connectivity index (χ1v) is 7.97. The predicted molar refractivity (Wildman–Crippen MR) is 96.9 cm³/mol. The Morgan fingerprint density at radius 3 is 2.83 bits per heavy atom. The molecule has 0 radical (unpaired) electrons. The molecule has 0 aliphatic rings. The maximum atomic E-state index is 5.88. The van der Waals surface area contributed by atoms with Gasteiger partial charge >= 0.3 is 0 Å². The molecule has 24 heavy (non-hydrogen) atoms. The average molecular weight is 322 g/mol. The molecule has 5 nitrogen and oxygen atoms in total. The second-order valence-electron chi connectivity index (χ2n) is 5.77. The van der Waals surface area contributed by atoms with E-state index >= 15 is 0 Å². The summed E-state index contributed by atoms with van der Waals surface area (Å²) >= 11 is 0. The van der Waals surface area contributed by atoms with Gasteiger partial charge in [0.1, 0.15) is 11.3 Å². The van der Waals surface area contributed by atoms with Gasteiger partial charge in [0.25, 0.3) is 0 Å². The zero-order valence-corrected chi connectivity index (χ0v) is 14.3. The van der Waals surface area contributed by atoms with Crippen LogP contribution in [0.2, 0.25) is 0 Å². The van der Waals surface area contributed by atoms with Gasteiger partial charge in [0.15, 0.2) is 5.96 Å². The second-order valence-corrected chi connectivity index (χ2v) is 5.77. The van der Waals surface area contributed by atoms with Crippen LogP contribution in [0.5, 0.6) is 0 Å². The summed E-state index contributed by atoms with van der Waals surface area (Å²) in [5, 5.41) is 4.47. The number of rotatable bonds is 4. The van der Waals surface area contributed by atoms with Crippen LogP contribution < -0.4 is 5.32 Å². The van der Waals surface area contributed by atoms with Crippen LogP contribution in [0.25, 0.3) is 11.0 Å². The van der Waals surface area contributed by atoms with Gasteiger partial charge in [-0.15, -0.1) is 0 Å². The highest BCUT2D eigenvalue weighted by molar-refractivity contribution is 5.80. The Bertz CT molecular complexity index is 820. The maximum Gasteiger partial charge on any atom is 0.194 e. The summed E-state index contributed by atoms with van der Waals surface area (Å²) in [6.07, 6.45) is 1.81. The van der Waals surface area contributed by atoms with Gasteiger partial charge in [-0.05, 0) is 30.7 Å². The molecule has 124 valence electrons. The highest BCUT2D eigenvalue weighted by Crippen LogP contribution is 2.19. The van der Waals surface area contributed by atoms with Crippen molar-refractivity contribution in [2.45, 2.75) is 20.0 Å². The van der Waals surface area contributed by atoms with Crippen LogP contribution in [0.1, 0.15) is 17.0 Å². The van der Waals surface area contributed by atoms with Crippen molar-refractivity contribution in [1.29, 1.82) is 0 Å². The van der Waals surface area contributed by atoms with E-state index in [0.717, 1.165) is 28.4 Å². The Morgan fingerprint density at radius 1 is 1.25 bits per heavy atom. The van der Waals surface area contributed by atoms with Gasteiger partial charge in [0.2, 0.25) is 0 Å². The predicted octanol–water partition coefficient (Wildman–Crippen LogP) is 3.34. The number of furan rings is 1. The lowest BCUT2D eigenvalue weighted by atomic mass is 10.2. The van der Waals surface area contributed by atoms with Gasteiger partial charge in [0.05, 0.1) is 18.8 Å². The van der Waals surface area contributed by atoms with Crippen LogP contribution in [0.4, 0.5) is 0 Å². The van der Waals surface area contributed by atoms with Crippen molar-refractivity contribution in [3.8, 4) is 0 Å². The number of hydrogen-bond acceptors (Lipinski definition) is 3. The molecule has 0 atom stereocenters. The largest absolute Gasteiger partial charge is 0.459 e. The summed E-state index contributed by atoms with van der Waals surface area (Å²) in [6.45, 7) is 3.35. The van der Waals surface area contributed by atoms with E-state index in [1.54, 1.807) is 7.05 Å². The first-order chi connectivity index (χ1) is 11.7. The Kier molecular flexibility index (Phi) is 4.79. The maximum absolute atomic E-state index is 5.88. The van der Waals surface area contributed by atoms with E-state index in [-0.39, 0.29) is 0 Å². The SMILES string of the molecule is CN=C(NCc1ncccc1C)N(C)Cc1cc2ccccc2o1. The highest BCUT2D eigenvalue weighted by Gasteiger charge is 2.11. The first-order valence-electron chi connectivity index (χ1n) is 7.97. The highest BCUT2D eigenvalue weighted by atomic mass is 16.3. The number of para-hydroxylation sites is 1. The van der Waals surface area contributed by atoms with Crippen molar-refractivity contribution in [2.24, 2.45) is 4.99 Å². The van der Waals surface area contributed by atoms with E-state index in [0.29, 0.717) is 13.1 Å². The number of benzene rings is 1. The zero-order valence-electron chi connectivity index (χ0n) is 14.3. The molecule has 0 spiro atoms. The molecule has 1 aromatic carbocycles. The molecule has 0 aliphatic carbocycles.